The largest absolute Gasteiger partial charge is 0.494 e. The highest BCUT2D eigenvalue weighted by molar-refractivity contribution is 7.71. The number of benzene rings is 1. The summed E-state index contributed by atoms with van der Waals surface area (Å²) >= 11 is 5.03. The summed E-state index contributed by atoms with van der Waals surface area (Å²) in [5, 5.41) is 10.2. The van der Waals surface area contributed by atoms with Crippen LogP contribution in [0.15, 0.2) is 34.1 Å². The highest BCUT2D eigenvalue weighted by Gasteiger charge is 2.15. The molecule has 0 atom stereocenters. The first-order valence-corrected chi connectivity index (χ1v) is 6.94. The molecule has 3 rings (SSSR count). The Hall–Kier alpha value is -2.47. The van der Waals surface area contributed by atoms with Gasteiger partial charge in [-0.05, 0) is 31.3 Å². The molecule has 1 aromatic heterocycles. The van der Waals surface area contributed by atoms with Crippen LogP contribution in [0.25, 0.3) is 11.6 Å². The Morgan fingerprint density at radius 1 is 1.43 bits per heavy atom. The van der Waals surface area contributed by atoms with Crippen LogP contribution in [0.4, 0.5) is 5.69 Å². The quantitative estimate of drug-likeness (QED) is 0.838. The van der Waals surface area contributed by atoms with Crippen molar-refractivity contribution in [2.45, 2.75) is 13.5 Å². The van der Waals surface area contributed by atoms with Gasteiger partial charge in [0.05, 0.1) is 5.69 Å². The van der Waals surface area contributed by atoms with Gasteiger partial charge in [-0.2, -0.15) is 0 Å². The molecule has 0 fully saturated rings. The number of aliphatic imine (C=N–C) groups is 1. The molecule has 0 spiro atoms. The first-order chi connectivity index (χ1) is 10.1. The van der Waals surface area contributed by atoms with E-state index in [2.05, 4.69) is 9.98 Å². The highest BCUT2D eigenvalue weighted by Crippen LogP contribution is 2.32. The topological polar surface area (TPSA) is 70.4 Å². The maximum atomic E-state index is 12.0. The van der Waals surface area contributed by atoms with Crippen molar-refractivity contribution >= 4 is 35.8 Å². The predicted octanol–water partition coefficient (Wildman–Crippen LogP) is 2.89. The van der Waals surface area contributed by atoms with Gasteiger partial charge in [-0.25, -0.2) is 0 Å². The van der Waals surface area contributed by atoms with E-state index in [9.17, 15) is 9.90 Å². The van der Waals surface area contributed by atoms with Crippen molar-refractivity contribution in [3.05, 3.63) is 50.5 Å². The lowest BCUT2D eigenvalue weighted by Crippen LogP contribution is -2.16. The lowest BCUT2D eigenvalue weighted by Gasteiger charge is -2.09. The van der Waals surface area contributed by atoms with E-state index in [1.807, 2.05) is 31.2 Å². The van der Waals surface area contributed by atoms with Crippen LogP contribution in [0, 0.1) is 4.77 Å². The second kappa shape index (κ2) is 5.14. The van der Waals surface area contributed by atoms with Crippen molar-refractivity contribution in [1.82, 2.24) is 9.55 Å². The highest BCUT2D eigenvalue weighted by atomic mass is 32.1. The zero-order chi connectivity index (χ0) is 15.0. The minimum atomic E-state index is -0.410. The maximum absolute atomic E-state index is 12.0. The van der Waals surface area contributed by atoms with E-state index in [-0.39, 0.29) is 16.2 Å². The van der Waals surface area contributed by atoms with Crippen LogP contribution < -0.4 is 5.56 Å². The molecule has 2 heterocycles. The molecule has 1 aliphatic rings. The average Bonchev–Trinajstić information content (AvgIpc) is 2.87. The molecule has 0 unspecified atom stereocenters. The van der Waals surface area contributed by atoms with Gasteiger partial charge in [0.1, 0.15) is 5.56 Å². The molecule has 2 N–H and O–H groups in total. The molecule has 2 aromatic rings. The predicted molar refractivity (Wildman–Crippen MR) is 85.7 cm³/mol. The molecule has 1 aromatic carbocycles. The second-order valence-electron chi connectivity index (χ2n) is 4.62. The number of aromatic hydroxyl groups is 1. The second-order valence-corrected chi connectivity index (χ2v) is 5.00. The minimum absolute atomic E-state index is 0.128. The summed E-state index contributed by atoms with van der Waals surface area (Å²) < 4.78 is 1.68. The summed E-state index contributed by atoms with van der Waals surface area (Å²) in [6.45, 7) is 2.32. The van der Waals surface area contributed by atoms with Crippen LogP contribution in [0.2, 0.25) is 0 Å². The van der Waals surface area contributed by atoms with Gasteiger partial charge < -0.3 is 5.11 Å². The molecule has 6 heteroatoms. The van der Waals surface area contributed by atoms with Gasteiger partial charge in [0.25, 0.3) is 5.56 Å². The molecular weight excluding hydrogens is 286 g/mol. The van der Waals surface area contributed by atoms with E-state index in [0.717, 1.165) is 16.8 Å². The fourth-order valence-corrected chi connectivity index (χ4v) is 2.62. The van der Waals surface area contributed by atoms with Crippen LogP contribution in [0.1, 0.15) is 18.1 Å². The summed E-state index contributed by atoms with van der Waals surface area (Å²) in [5.41, 5.74) is 2.34. The number of aromatic nitrogens is 2. The van der Waals surface area contributed by atoms with Gasteiger partial charge in [0.2, 0.25) is 5.88 Å². The molecule has 0 amide bonds. The van der Waals surface area contributed by atoms with Gasteiger partial charge in [0.15, 0.2) is 4.77 Å². The van der Waals surface area contributed by atoms with Crippen molar-refractivity contribution in [3.8, 4) is 5.88 Å². The van der Waals surface area contributed by atoms with Crippen molar-refractivity contribution in [3.63, 3.8) is 0 Å². The third kappa shape index (κ3) is 2.23. The fraction of sp³-hybridized carbons (Fsp3) is 0.133. The van der Waals surface area contributed by atoms with E-state index in [4.69, 9.17) is 12.2 Å². The van der Waals surface area contributed by atoms with Crippen LogP contribution in [0.5, 0.6) is 5.88 Å². The summed E-state index contributed by atoms with van der Waals surface area (Å²) in [6.07, 6.45) is 3.31. The maximum Gasteiger partial charge on any atom is 0.262 e. The van der Waals surface area contributed by atoms with Gasteiger partial charge in [-0.3, -0.25) is 19.3 Å². The molecule has 0 saturated carbocycles. The number of H-pyrrole nitrogens is 1. The van der Waals surface area contributed by atoms with E-state index in [0.29, 0.717) is 6.54 Å². The number of allylic oxidation sites excluding steroid dienone is 1. The third-order valence-electron chi connectivity index (χ3n) is 3.38. The number of nitrogens with one attached hydrogen (secondary N) is 1. The molecule has 5 nitrogen and oxygen atoms in total. The number of hydrogen-bond acceptors (Lipinski definition) is 4. The third-order valence-corrected chi connectivity index (χ3v) is 3.70. The Labute approximate surface area is 125 Å². The first-order valence-electron chi connectivity index (χ1n) is 6.53. The van der Waals surface area contributed by atoms with Gasteiger partial charge >= 0.3 is 0 Å². The van der Waals surface area contributed by atoms with E-state index in [1.165, 1.54) is 4.57 Å². The molecule has 0 radical (unpaired) electrons. The smallest absolute Gasteiger partial charge is 0.262 e. The van der Waals surface area contributed by atoms with Crippen LogP contribution in [-0.2, 0) is 6.54 Å². The number of para-hydroxylation sites is 1. The van der Waals surface area contributed by atoms with E-state index in [1.54, 1.807) is 12.3 Å². The summed E-state index contributed by atoms with van der Waals surface area (Å²) in [5.74, 6) is -0.128. The van der Waals surface area contributed by atoms with Crippen LogP contribution in [0.3, 0.4) is 0 Å². The number of rotatable bonds is 2. The fourth-order valence-electron chi connectivity index (χ4n) is 2.31. The van der Waals surface area contributed by atoms with Crippen molar-refractivity contribution in [2.24, 2.45) is 4.99 Å². The monoisotopic (exact) mass is 299 g/mol. The minimum Gasteiger partial charge on any atom is -0.494 e. The lowest BCUT2D eigenvalue weighted by molar-refractivity contribution is 0.408. The van der Waals surface area contributed by atoms with Gasteiger partial charge in [-0.15, -0.1) is 0 Å². The summed E-state index contributed by atoms with van der Waals surface area (Å²) in [6, 6.07) is 7.63. The Kier molecular flexibility index (Phi) is 3.31. The SMILES string of the molecule is CCn1c(O)c(C=C2C=Nc3ccccc32)c(=O)[nH]c1=S. The van der Waals surface area contributed by atoms with E-state index >= 15 is 0 Å². The van der Waals surface area contributed by atoms with Gasteiger partial charge in [-0.1, -0.05) is 18.2 Å². The number of aromatic amines is 1. The molecule has 0 aliphatic carbocycles. The zero-order valence-corrected chi connectivity index (χ0v) is 12.1. The molecular formula is C15H13N3O2S. The number of fused-ring (bicyclic) bond motifs is 1. The summed E-state index contributed by atoms with van der Waals surface area (Å²) in [4.78, 5) is 18.9. The van der Waals surface area contributed by atoms with E-state index < -0.39 is 5.56 Å². The Morgan fingerprint density at radius 2 is 2.19 bits per heavy atom. The van der Waals surface area contributed by atoms with Crippen LogP contribution in [-0.4, -0.2) is 20.9 Å². The zero-order valence-electron chi connectivity index (χ0n) is 11.3. The standard InChI is InChI=1S/C15H13N3O2S/c1-2-18-14(20)11(13(19)17-15(18)21)7-9-8-16-12-6-4-3-5-10(9)12/h3-8,20H,2H2,1H3,(H,17,19,21). The number of hydrogen-bond donors (Lipinski definition) is 2. The van der Waals surface area contributed by atoms with Gasteiger partial charge in [0, 0.05) is 23.9 Å². The molecule has 106 valence electrons. The van der Waals surface area contributed by atoms with Crippen molar-refractivity contribution < 1.29 is 5.11 Å². The lowest BCUT2D eigenvalue weighted by atomic mass is 10.1. The molecule has 0 bridgehead atoms. The Morgan fingerprint density at radius 3 is 2.95 bits per heavy atom. The normalized spacial score (nSPS) is 14.6. The van der Waals surface area contributed by atoms with Crippen molar-refractivity contribution in [2.75, 3.05) is 0 Å². The molecule has 21 heavy (non-hydrogen) atoms. The Balaban J connectivity index is 2.21. The number of nitrogens with zero attached hydrogens (tertiary/aromatic N) is 2. The summed E-state index contributed by atoms with van der Waals surface area (Å²) in [7, 11) is 0. The van der Waals surface area contributed by atoms with Crippen molar-refractivity contribution in [1.29, 1.82) is 0 Å². The average molecular weight is 299 g/mol. The Bertz CT molecular complexity index is 891. The molecule has 1 aliphatic heterocycles. The van der Waals surface area contributed by atoms with Crippen LogP contribution >= 0.6 is 12.2 Å². The molecule has 0 saturated heterocycles. The first kappa shape index (κ1) is 13.5.